The standard InChI is InChI=1S/C31H24N2O4/c1-19-25(32-30(35)22-13-7-4-8-14-22)17-10-18-26(19)33-31(36)24-16-9-15-23-27(34)20(2)28(37-29(23)24)21-11-5-3-6-12-21/h3-18H,1-2H3,(H,32,35)(H,33,36). The van der Waals surface area contributed by atoms with E-state index in [0.29, 0.717) is 39.2 Å². The van der Waals surface area contributed by atoms with Gasteiger partial charge in [-0.3, -0.25) is 14.4 Å². The van der Waals surface area contributed by atoms with Crippen LogP contribution in [0, 0.1) is 13.8 Å². The number of anilines is 2. The van der Waals surface area contributed by atoms with Crippen molar-refractivity contribution >= 4 is 34.2 Å². The van der Waals surface area contributed by atoms with Crippen molar-refractivity contribution in [1.29, 1.82) is 0 Å². The van der Waals surface area contributed by atoms with Crippen LogP contribution < -0.4 is 16.1 Å². The van der Waals surface area contributed by atoms with Crippen LogP contribution in [0.1, 0.15) is 31.8 Å². The Kier molecular flexibility index (Phi) is 6.39. The molecule has 0 aliphatic carbocycles. The molecule has 5 aromatic rings. The molecule has 0 atom stereocenters. The van der Waals surface area contributed by atoms with Gasteiger partial charge in [0.15, 0.2) is 11.0 Å². The topological polar surface area (TPSA) is 88.4 Å². The largest absolute Gasteiger partial charge is 0.455 e. The summed E-state index contributed by atoms with van der Waals surface area (Å²) in [6, 6.07) is 28.5. The number of amides is 2. The highest BCUT2D eigenvalue weighted by Gasteiger charge is 2.19. The summed E-state index contributed by atoms with van der Waals surface area (Å²) in [6.07, 6.45) is 0. The van der Waals surface area contributed by atoms with E-state index in [1.54, 1.807) is 67.6 Å². The molecule has 0 spiro atoms. The lowest BCUT2D eigenvalue weighted by Gasteiger charge is -2.14. The lowest BCUT2D eigenvalue weighted by atomic mass is 10.0. The van der Waals surface area contributed by atoms with Crippen LogP contribution in [0.5, 0.6) is 0 Å². The molecule has 37 heavy (non-hydrogen) atoms. The highest BCUT2D eigenvalue weighted by Crippen LogP contribution is 2.29. The van der Waals surface area contributed by atoms with E-state index in [2.05, 4.69) is 10.6 Å². The quantitative estimate of drug-likeness (QED) is 0.292. The van der Waals surface area contributed by atoms with Gasteiger partial charge in [-0.05, 0) is 55.8 Å². The number of carbonyl (C=O) groups excluding carboxylic acids is 2. The van der Waals surface area contributed by atoms with Crippen molar-refractivity contribution < 1.29 is 14.0 Å². The molecule has 2 amide bonds. The SMILES string of the molecule is Cc1c(NC(=O)c2ccccc2)cccc1NC(=O)c1cccc2c(=O)c(C)c(-c3ccccc3)oc12. The van der Waals surface area contributed by atoms with E-state index in [-0.39, 0.29) is 22.5 Å². The van der Waals surface area contributed by atoms with Crippen LogP contribution in [-0.4, -0.2) is 11.8 Å². The number of hydrogen-bond donors (Lipinski definition) is 2. The molecule has 0 bridgehead atoms. The van der Waals surface area contributed by atoms with Crippen molar-refractivity contribution in [3.05, 3.63) is 130 Å². The van der Waals surface area contributed by atoms with E-state index in [1.807, 2.05) is 43.3 Å². The third kappa shape index (κ3) is 4.65. The van der Waals surface area contributed by atoms with Gasteiger partial charge in [-0.1, -0.05) is 60.7 Å². The van der Waals surface area contributed by atoms with Crippen LogP contribution in [0.15, 0.2) is 106 Å². The van der Waals surface area contributed by atoms with E-state index in [0.717, 1.165) is 5.56 Å². The number of fused-ring (bicyclic) bond motifs is 1. The summed E-state index contributed by atoms with van der Waals surface area (Å²) in [5.41, 5.74) is 3.86. The zero-order valence-electron chi connectivity index (χ0n) is 20.4. The van der Waals surface area contributed by atoms with E-state index < -0.39 is 5.91 Å². The normalized spacial score (nSPS) is 10.8. The van der Waals surface area contributed by atoms with Gasteiger partial charge in [0.25, 0.3) is 11.8 Å². The molecule has 1 heterocycles. The third-order valence-corrected chi connectivity index (χ3v) is 6.29. The molecule has 0 unspecified atom stereocenters. The second-order valence-corrected chi connectivity index (χ2v) is 8.69. The first-order valence-electron chi connectivity index (χ1n) is 11.8. The van der Waals surface area contributed by atoms with Gasteiger partial charge in [-0.25, -0.2) is 0 Å². The van der Waals surface area contributed by atoms with Crippen LogP contribution in [0.4, 0.5) is 11.4 Å². The van der Waals surface area contributed by atoms with Crippen molar-refractivity contribution in [3.63, 3.8) is 0 Å². The molecule has 0 saturated carbocycles. The Bertz CT molecular complexity index is 1690. The van der Waals surface area contributed by atoms with Crippen LogP contribution in [-0.2, 0) is 0 Å². The van der Waals surface area contributed by atoms with Gasteiger partial charge in [0.2, 0.25) is 0 Å². The Morgan fingerprint density at radius 2 is 1.24 bits per heavy atom. The fourth-order valence-corrected chi connectivity index (χ4v) is 4.23. The van der Waals surface area contributed by atoms with Crippen molar-refractivity contribution in [2.24, 2.45) is 0 Å². The Hall–Kier alpha value is -4.97. The summed E-state index contributed by atoms with van der Waals surface area (Å²) in [6.45, 7) is 3.54. The van der Waals surface area contributed by atoms with Crippen LogP contribution in [0.2, 0.25) is 0 Å². The Labute approximate surface area is 213 Å². The average Bonchev–Trinajstić information content (AvgIpc) is 2.93. The van der Waals surface area contributed by atoms with Crippen LogP contribution >= 0.6 is 0 Å². The lowest BCUT2D eigenvalue weighted by Crippen LogP contribution is -2.17. The minimum atomic E-state index is -0.425. The second kappa shape index (κ2) is 9.95. The van der Waals surface area contributed by atoms with Crippen molar-refractivity contribution in [2.75, 3.05) is 10.6 Å². The maximum absolute atomic E-state index is 13.4. The third-order valence-electron chi connectivity index (χ3n) is 6.29. The average molecular weight is 489 g/mol. The minimum Gasteiger partial charge on any atom is -0.455 e. The molecule has 6 nitrogen and oxygen atoms in total. The first-order valence-corrected chi connectivity index (χ1v) is 11.8. The number of benzene rings is 4. The van der Waals surface area contributed by atoms with Gasteiger partial charge in [0.1, 0.15) is 5.76 Å². The fourth-order valence-electron chi connectivity index (χ4n) is 4.23. The fraction of sp³-hybridized carbons (Fsp3) is 0.0645. The summed E-state index contributed by atoms with van der Waals surface area (Å²) in [5.74, 6) is -0.238. The molecule has 5 rings (SSSR count). The van der Waals surface area contributed by atoms with Crippen molar-refractivity contribution in [2.45, 2.75) is 13.8 Å². The van der Waals surface area contributed by atoms with Gasteiger partial charge in [0, 0.05) is 28.1 Å². The first-order chi connectivity index (χ1) is 17.9. The lowest BCUT2D eigenvalue weighted by molar-refractivity contribution is 0.101. The van der Waals surface area contributed by atoms with Gasteiger partial charge in [0.05, 0.1) is 10.9 Å². The summed E-state index contributed by atoms with van der Waals surface area (Å²) < 4.78 is 6.19. The van der Waals surface area contributed by atoms with Gasteiger partial charge < -0.3 is 15.1 Å². The maximum Gasteiger partial charge on any atom is 0.259 e. The number of rotatable bonds is 5. The highest BCUT2D eigenvalue weighted by atomic mass is 16.3. The van der Waals surface area contributed by atoms with Gasteiger partial charge >= 0.3 is 0 Å². The molecule has 4 aromatic carbocycles. The smallest absolute Gasteiger partial charge is 0.259 e. The molecular weight excluding hydrogens is 464 g/mol. The maximum atomic E-state index is 13.4. The monoisotopic (exact) mass is 488 g/mol. The van der Waals surface area contributed by atoms with Gasteiger partial charge in [-0.2, -0.15) is 0 Å². The molecule has 0 aliphatic rings. The van der Waals surface area contributed by atoms with Crippen LogP contribution in [0.25, 0.3) is 22.3 Å². The predicted molar refractivity (Wildman–Crippen MR) is 146 cm³/mol. The van der Waals surface area contributed by atoms with Crippen molar-refractivity contribution in [3.8, 4) is 11.3 Å². The molecule has 2 N–H and O–H groups in total. The summed E-state index contributed by atoms with van der Waals surface area (Å²) in [4.78, 5) is 39.2. The minimum absolute atomic E-state index is 0.184. The molecule has 1 aromatic heterocycles. The summed E-state index contributed by atoms with van der Waals surface area (Å²) in [5, 5.41) is 6.15. The molecule has 182 valence electrons. The molecule has 0 fully saturated rings. The Morgan fingerprint density at radius 3 is 1.92 bits per heavy atom. The zero-order chi connectivity index (χ0) is 25.9. The summed E-state index contributed by atoms with van der Waals surface area (Å²) >= 11 is 0. The van der Waals surface area contributed by atoms with Crippen LogP contribution in [0.3, 0.4) is 0 Å². The number of para-hydroxylation sites is 1. The van der Waals surface area contributed by atoms with E-state index >= 15 is 0 Å². The number of hydrogen-bond acceptors (Lipinski definition) is 4. The Balaban J connectivity index is 1.49. The predicted octanol–water partition coefficient (Wildman–Crippen LogP) is 6.58. The molecule has 6 heteroatoms. The van der Waals surface area contributed by atoms with Crippen molar-refractivity contribution in [1.82, 2.24) is 0 Å². The molecular formula is C31H24N2O4. The highest BCUT2D eigenvalue weighted by molar-refractivity contribution is 6.12. The van der Waals surface area contributed by atoms with E-state index in [9.17, 15) is 14.4 Å². The zero-order valence-corrected chi connectivity index (χ0v) is 20.4. The number of carbonyl (C=O) groups is 2. The number of nitrogens with one attached hydrogen (secondary N) is 2. The summed E-state index contributed by atoms with van der Waals surface area (Å²) in [7, 11) is 0. The second-order valence-electron chi connectivity index (χ2n) is 8.69. The molecule has 0 aliphatic heterocycles. The molecule has 0 saturated heterocycles. The van der Waals surface area contributed by atoms with Gasteiger partial charge in [-0.15, -0.1) is 0 Å². The first kappa shape index (κ1) is 23.8. The Morgan fingerprint density at radius 1 is 0.649 bits per heavy atom. The van der Waals surface area contributed by atoms with E-state index in [1.165, 1.54) is 0 Å². The molecule has 0 radical (unpaired) electrons. The van der Waals surface area contributed by atoms with E-state index in [4.69, 9.17) is 4.42 Å².